The molecule has 8 heteroatoms. The normalized spacial score (nSPS) is 10.8. The zero-order chi connectivity index (χ0) is 17.9. The Morgan fingerprint density at radius 1 is 1.27 bits per heavy atom. The molecule has 26 heavy (non-hydrogen) atoms. The summed E-state index contributed by atoms with van der Waals surface area (Å²) in [4.78, 5) is 17.5. The molecule has 0 fully saturated rings. The number of hydrogen-bond donors (Lipinski definition) is 1. The lowest BCUT2D eigenvalue weighted by Gasteiger charge is -2.04. The number of rotatable bonds is 5. The lowest BCUT2D eigenvalue weighted by Crippen LogP contribution is -2.23. The first-order valence-electron chi connectivity index (χ1n) is 7.91. The third kappa shape index (κ3) is 3.40. The van der Waals surface area contributed by atoms with E-state index in [0.717, 1.165) is 21.6 Å². The van der Waals surface area contributed by atoms with Crippen LogP contribution in [0.1, 0.15) is 16.1 Å². The van der Waals surface area contributed by atoms with Gasteiger partial charge in [-0.25, -0.2) is 0 Å². The van der Waals surface area contributed by atoms with Crippen LogP contribution in [-0.2, 0) is 13.6 Å². The van der Waals surface area contributed by atoms with Gasteiger partial charge in [0.15, 0.2) is 11.5 Å². The molecule has 130 valence electrons. The van der Waals surface area contributed by atoms with Crippen molar-refractivity contribution in [2.24, 2.45) is 7.05 Å². The van der Waals surface area contributed by atoms with Crippen LogP contribution in [0.4, 0.5) is 0 Å². The molecule has 0 saturated carbocycles. The van der Waals surface area contributed by atoms with Crippen molar-refractivity contribution in [3.05, 3.63) is 65.7 Å². The SMILES string of the molecule is Cn1cc(-c2cncc(CNC(=O)c3cc(-c4cccs4)on3)c2)cn1. The Hall–Kier alpha value is -3.26. The van der Waals surface area contributed by atoms with E-state index in [1.165, 1.54) is 11.3 Å². The molecule has 0 bridgehead atoms. The van der Waals surface area contributed by atoms with Crippen LogP contribution in [-0.4, -0.2) is 25.8 Å². The van der Waals surface area contributed by atoms with Gasteiger partial charge in [-0.2, -0.15) is 5.10 Å². The average molecular weight is 365 g/mol. The molecular weight excluding hydrogens is 350 g/mol. The highest BCUT2D eigenvalue weighted by atomic mass is 32.1. The summed E-state index contributed by atoms with van der Waals surface area (Å²) >= 11 is 1.53. The highest BCUT2D eigenvalue weighted by molar-refractivity contribution is 7.13. The summed E-state index contributed by atoms with van der Waals surface area (Å²) < 4.78 is 6.98. The number of carbonyl (C=O) groups excluding carboxylic acids is 1. The predicted molar refractivity (Wildman–Crippen MR) is 97.4 cm³/mol. The van der Waals surface area contributed by atoms with Gasteiger partial charge in [0.1, 0.15) is 0 Å². The van der Waals surface area contributed by atoms with Crippen LogP contribution in [0.5, 0.6) is 0 Å². The highest BCUT2D eigenvalue weighted by Crippen LogP contribution is 2.25. The maximum absolute atomic E-state index is 12.3. The van der Waals surface area contributed by atoms with Crippen LogP contribution in [0.2, 0.25) is 0 Å². The first kappa shape index (κ1) is 16.2. The quantitative estimate of drug-likeness (QED) is 0.587. The minimum absolute atomic E-state index is 0.254. The van der Waals surface area contributed by atoms with Gasteiger partial charge in [-0.05, 0) is 23.1 Å². The minimum Gasteiger partial charge on any atom is -0.355 e. The van der Waals surface area contributed by atoms with E-state index in [1.807, 2.05) is 36.8 Å². The second kappa shape index (κ2) is 6.93. The summed E-state index contributed by atoms with van der Waals surface area (Å²) in [6, 6.07) is 7.46. The van der Waals surface area contributed by atoms with E-state index in [4.69, 9.17) is 4.52 Å². The number of nitrogens with one attached hydrogen (secondary N) is 1. The van der Waals surface area contributed by atoms with Crippen LogP contribution in [0.15, 0.2) is 59.0 Å². The van der Waals surface area contributed by atoms with Gasteiger partial charge in [-0.3, -0.25) is 14.5 Å². The van der Waals surface area contributed by atoms with Gasteiger partial charge in [0.2, 0.25) is 0 Å². The first-order chi connectivity index (χ1) is 12.7. The maximum atomic E-state index is 12.3. The summed E-state index contributed by atoms with van der Waals surface area (Å²) in [5.74, 6) is 0.300. The number of thiophene rings is 1. The topological polar surface area (TPSA) is 85.8 Å². The molecule has 1 amide bonds. The van der Waals surface area contributed by atoms with Crippen molar-refractivity contribution >= 4 is 17.2 Å². The predicted octanol–water partition coefficient (Wildman–Crippen LogP) is 3.13. The fourth-order valence-corrected chi connectivity index (χ4v) is 3.18. The van der Waals surface area contributed by atoms with Crippen molar-refractivity contribution in [3.63, 3.8) is 0 Å². The molecule has 4 heterocycles. The second-order valence-electron chi connectivity index (χ2n) is 5.72. The molecule has 0 spiro atoms. The van der Waals surface area contributed by atoms with Gasteiger partial charge in [0.05, 0.1) is 11.1 Å². The standard InChI is InChI=1S/C18H15N5O2S/c1-23-11-14(10-21-23)13-5-12(7-19-9-13)8-20-18(24)15-6-16(25-22-15)17-3-2-4-26-17/h2-7,9-11H,8H2,1H3,(H,20,24). The molecule has 4 aromatic rings. The zero-order valence-electron chi connectivity index (χ0n) is 13.9. The van der Waals surface area contributed by atoms with E-state index in [9.17, 15) is 4.79 Å². The fraction of sp³-hybridized carbons (Fsp3) is 0.111. The molecule has 0 aliphatic heterocycles. The van der Waals surface area contributed by atoms with E-state index in [-0.39, 0.29) is 11.6 Å². The smallest absolute Gasteiger partial charge is 0.273 e. The fourth-order valence-electron chi connectivity index (χ4n) is 2.50. The van der Waals surface area contributed by atoms with E-state index in [0.29, 0.717) is 12.3 Å². The Balaban J connectivity index is 1.43. The third-order valence-electron chi connectivity index (χ3n) is 3.79. The first-order valence-corrected chi connectivity index (χ1v) is 8.79. The maximum Gasteiger partial charge on any atom is 0.273 e. The molecular formula is C18H15N5O2S. The molecule has 0 saturated heterocycles. The Labute approximate surface area is 153 Å². The van der Waals surface area contributed by atoms with Crippen molar-refractivity contribution in [1.82, 2.24) is 25.2 Å². The molecule has 0 radical (unpaired) electrons. The Kier molecular flexibility index (Phi) is 4.32. The number of pyridine rings is 1. The molecule has 0 aliphatic carbocycles. The molecule has 1 N–H and O–H groups in total. The van der Waals surface area contributed by atoms with Gasteiger partial charge >= 0.3 is 0 Å². The Morgan fingerprint density at radius 2 is 2.19 bits per heavy atom. The van der Waals surface area contributed by atoms with Crippen LogP contribution in [0.25, 0.3) is 21.8 Å². The van der Waals surface area contributed by atoms with Crippen molar-refractivity contribution in [2.45, 2.75) is 6.54 Å². The summed E-state index contributed by atoms with van der Waals surface area (Å²) in [6.45, 7) is 0.348. The monoisotopic (exact) mass is 365 g/mol. The largest absolute Gasteiger partial charge is 0.355 e. The van der Waals surface area contributed by atoms with E-state index in [1.54, 1.807) is 29.3 Å². The molecule has 0 atom stereocenters. The summed E-state index contributed by atoms with van der Waals surface area (Å²) in [6.07, 6.45) is 7.19. The molecule has 4 rings (SSSR count). The Bertz CT molecular complexity index is 1040. The van der Waals surface area contributed by atoms with Gasteiger partial charge in [-0.15, -0.1) is 11.3 Å². The number of amides is 1. The number of nitrogens with zero attached hydrogens (tertiary/aromatic N) is 4. The van der Waals surface area contributed by atoms with Crippen LogP contribution in [0.3, 0.4) is 0 Å². The second-order valence-corrected chi connectivity index (χ2v) is 6.67. The molecule has 0 unspecified atom stereocenters. The molecule has 0 aliphatic rings. The van der Waals surface area contributed by atoms with Crippen LogP contribution in [0, 0.1) is 0 Å². The van der Waals surface area contributed by atoms with Crippen molar-refractivity contribution in [1.29, 1.82) is 0 Å². The number of carbonyl (C=O) groups is 1. The van der Waals surface area contributed by atoms with E-state index < -0.39 is 0 Å². The van der Waals surface area contributed by atoms with Gasteiger partial charge < -0.3 is 9.84 Å². The number of hydrogen-bond acceptors (Lipinski definition) is 6. The van der Waals surface area contributed by atoms with Gasteiger partial charge in [0.25, 0.3) is 5.91 Å². The van der Waals surface area contributed by atoms with Gasteiger partial charge in [-0.1, -0.05) is 11.2 Å². The summed E-state index contributed by atoms with van der Waals surface area (Å²) in [5, 5.41) is 12.8. The number of aromatic nitrogens is 4. The van der Waals surface area contributed by atoms with Crippen molar-refractivity contribution in [2.75, 3.05) is 0 Å². The van der Waals surface area contributed by atoms with Crippen LogP contribution < -0.4 is 5.32 Å². The lowest BCUT2D eigenvalue weighted by molar-refractivity contribution is 0.0942. The molecule has 7 nitrogen and oxygen atoms in total. The summed E-state index contributed by atoms with van der Waals surface area (Å²) in [7, 11) is 1.86. The number of aryl methyl sites for hydroxylation is 1. The lowest BCUT2D eigenvalue weighted by atomic mass is 10.1. The van der Waals surface area contributed by atoms with Crippen molar-refractivity contribution < 1.29 is 9.32 Å². The highest BCUT2D eigenvalue weighted by Gasteiger charge is 2.14. The van der Waals surface area contributed by atoms with E-state index >= 15 is 0 Å². The van der Waals surface area contributed by atoms with Gasteiger partial charge in [0, 0.05) is 49.4 Å². The van der Waals surface area contributed by atoms with Crippen LogP contribution >= 0.6 is 11.3 Å². The third-order valence-corrected chi connectivity index (χ3v) is 4.68. The summed E-state index contributed by atoms with van der Waals surface area (Å²) in [5.41, 5.74) is 3.07. The molecule has 4 aromatic heterocycles. The Morgan fingerprint density at radius 3 is 2.96 bits per heavy atom. The van der Waals surface area contributed by atoms with Crippen molar-refractivity contribution in [3.8, 4) is 21.8 Å². The zero-order valence-corrected chi connectivity index (χ0v) is 14.7. The average Bonchev–Trinajstić information content (AvgIpc) is 3.40. The van der Waals surface area contributed by atoms with E-state index in [2.05, 4.69) is 20.6 Å². The minimum atomic E-state index is -0.289. The molecule has 0 aromatic carbocycles.